The summed E-state index contributed by atoms with van der Waals surface area (Å²) in [6.45, 7) is 4.02. The molecule has 3 N–H and O–H groups in total. The summed E-state index contributed by atoms with van der Waals surface area (Å²) in [6, 6.07) is 5.83. The normalized spacial score (nSPS) is 18.4. The Morgan fingerprint density at radius 2 is 2.38 bits per heavy atom. The Hall–Kier alpha value is -2.19. The van der Waals surface area contributed by atoms with E-state index in [1.807, 2.05) is 30.3 Å². The highest BCUT2D eigenvalue weighted by Crippen LogP contribution is 2.21. The van der Waals surface area contributed by atoms with Crippen molar-refractivity contribution in [3.8, 4) is 0 Å². The van der Waals surface area contributed by atoms with E-state index < -0.39 is 0 Å². The van der Waals surface area contributed by atoms with Crippen LogP contribution >= 0.6 is 11.3 Å². The first-order valence-corrected chi connectivity index (χ1v) is 9.67. The second-order valence-electron chi connectivity index (χ2n) is 6.95. The van der Waals surface area contributed by atoms with E-state index in [2.05, 4.69) is 20.9 Å². The number of amides is 1. The number of aromatic amines is 1. The van der Waals surface area contributed by atoms with E-state index in [-0.39, 0.29) is 29.4 Å². The number of hydrogen-bond donors (Lipinski definition) is 2. The standard InChI is InChI=1S/C18H25N5O2S/c1-12(8-15-4-3-7-26-15)17(25)23-6-5-14(11-23)22(2)10-13-9-16(24)21-18(19)20-13/h3-4,7,9,12,14H,5-6,8,10-11H2,1-2H3,(H3,19,20,21,24)/t12-,14-/m0/s1. The van der Waals surface area contributed by atoms with Crippen LogP contribution < -0.4 is 11.3 Å². The number of rotatable bonds is 6. The number of hydrogen-bond acceptors (Lipinski definition) is 6. The molecule has 1 saturated heterocycles. The van der Waals surface area contributed by atoms with Crippen LogP contribution in [-0.2, 0) is 17.8 Å². The second kappa shape index (κ2) is 8.01. The summed E-state index contributed by atoms with van der Waals surface area (Å²) in [6.07, 6.45) is 1.72. The summed E-state index contributed by atoms with van der Waals surface area (Å²) in [4.78, 5) is 36.2. The zero-order valence-electron chi connectivity index (χ0n) is 15.1. The molecule has 1 amide bonds. The SMILES string of the molecule is C[C@@H](Cc1cccs1)C(=O)N1CC[C@H](N(C)Cc2cc(=O)[nH]c(N)n2)C1. The van der Waals surface area contributed by atoms with Gasteiger partial charge in [0.1, 0.15) is 0 Å². The Morgan fingerprint density at radius 1 is 1.58 bits per heavy atom. The molecule has 7 nitrogen and oxygen atoms in total. The van der Waals surface area contributed by atoms with Crippen molar-refractivity contribution < 1.29 is 4.79 Å². The average Bonchev–Trinajstić information content (AvgIpc) is 3.24. The molecule has 1 fully saturated rings. The van der Waals surface area contributed by atoms with Gasteiger partial charge in [0.05, 0.1) is 5.69 Å². The maximum Gasteiger partial charge on any atom is 0.252 e. The molecule has 8 heteroatoms. The quantitative estimate of drug-likeness (QED) is 0.794. The minimum Gasteiger partial charge on any atom is -0.369 e. The molecule has 140 valence electrons. The third-order valence-corrected chi connectivity index (χ3v) is 5.73. The largest absolute Gasteiger partial charge is 0.369 e. The lowest BCUT2D eigenvalue weighted by molar-refractivity contribution is -0.134. The first kappa shape index (κ1) is 18.6. The van der Waals surface area contributed by atoms with Crippen molar-refractivity contribution in [3.63, 3.8) is 0 Å². The van der Waals surface area contributed by atoms with E-state index in [4.69, 9.17) is 5.73 Å². The molecule has 0 unspecified atom stereocenters. The zero-order valence-corrected chi connectivity index (χ0v) is 16.0. The number of likely N-dealkylation sites (tertiary alicyclic amines) is 1. The lowest BCUT2D eigenvalue weighted by Gasteiger charge is -2.25. The summed E-state index contributed by atoms with van der Waals surface area (Å²) in [7, 11) is 1.99. The van der Waals surface area contributed by atoms with E-state index in [1.54, 1.807) is 11.3 Å². The Balaban J connectivity index is 1.55. The zero-order chi connectivity index (χ0) is 18.7. The van der Waals surface area contributed by atoms with E-state index in [9.17, 15) is 9.59 Å². The highest BCUT2D eigenvalue weighted by Gasteiger charge is 2.31. The Bertz CT molecular complexity index is 804. The van der Waals surface area contributed by atoms with Crippen LogP contribution in [0.3, 0.4) is 0 Å². The molecule has 0 aromatic carbocycles. The predicted molar refractivity (Wildman–Crippen MR) is 103 cm³/mol. The summed E-state index contributed by atoms with van der Waals surface area (Å²) < 4.78 is 0. The molecule has 2 atom stereocenters. The number of nitrogens with two attached hydrogens (primary N) is 1. The van der Waals surface area contributed by atoms with Gasteiger partial charge in [-0.1, -0.05) is 13.0 Å². The van der Waals surface area contributed by atoms with Crippen molar-refractivity contribution in [2.24, 2.45) is 5.92 Å². The lowest BCUT2D eigenvalue weighted by atomic mass is 10.1. The van der Waals surface area contributed by atoms with Crippen LogP contribution in [0.2, 0.25) is 0 Å². The Kier molecular flexibility index (Phi) is 5.73. The van der Waals surface area contributed by atoms with Crippen molar-refractivity contribution in [2.45, 2.75) is 32.4 Å². The number of aromatic nitrogens is 2. The van der Waals surface area contributed by atoms with Gasteiger partial charge in [0.2, 0.25) is 11.9 Å². The van der Waals surface area contributed by atoms with Crippen LogP contribution in [0.25, 0.3) is 0 Å². The molecule has 3 heterocycles. The van der Waals surface area contributed by atoms with Crippen molar-refractivity contribution >= 4 is 23.2 Å². The maximum atomic E-state index is 12.7. The fourth-order valence-corrected chi connectivity index (χ4v) is 4.26. The number of H-pyrrole nitrogens is 1. The number of likely N-dealkylation sites (N-methyl/N-ethyl adjacent to an activating group) is 1. The van der Waals surface area contributed by atoms with Gasteiger partial charge in [0.15, 0.2) is 0 Å². The van der Waals surface area contributed by atoms with Gasteiger partial charge in [-0.25, -0.2) is 4.98 Å². The van der Waals surface area contributed by atoms with Gasteiger partial charge in [0.25, 0.3) is 5.56 Å². The number of nitrogens with zero attached hydrogens (tertiary/aromatic N) is 3. The van der Waals surface area contributed by atoms with Gasteiger partial charge in [-0.05, 0) is 31.3 Å². The topological polar surface area (TPSA) is 95.3 Å². The van der Waals surface area contributed by atoms with Crippen LogP contribution in [0.15, 0.2) is 28.4 Å². The third kappa shape index (κ3) is 4.50. The molecule has 1 aliphatic heterocycles. The minimum absolute atomic E-state index is 0.00754. The van der Waals surface area contributed by atoms with Crippen LogP contribution in [0.4, 0.5) is 5.95 Å². The second-order valence-corrected chi connectivity index (χ2v) is 7.98. The Morgan fingerprint density at radius 3 is 3.08 bits per heavy atom. The van der Waals surface area contributed by atoms with E-state index >= 15 is 0 Å². The first-order chi connectivity index (χ1) is 12.4. The maximum absolute atomic E-state index is 12.7. The van der Waals surface area contributed by atoms with Gasteiger partial charge >= 0.3 is 0 Å². The highest BCUT2D eigenvalue weighted by molar-refractivity contribution is 7.09. The summed E-state index contributed by atoms with van der Waals surface area (Å²) in [5.74, 6) is 0.339. The number of nitrogen functional groups attached to an aromatic ring is 1. The molecule has 0 aliphatic carbocycles. The van der Waals surface area contributed by atoms with Crippen molar-refractivity contribution in [2.75, 3.05) is 25.9 Å². The van der Waals surface area contributed by atoms with E-state index in [0.29, 0.717) is 18.8 Å². The summed E-state index contributed by atoms with van der Waals surface area (Å²) in [5, 5.41) is 2.04. The first-order valence-electron chi connectivity index (χ1n) is 8.79. The van der Waals surface area contributed by atoms with Gasteiger partial charge < -0.3 is 10.6 Å². The van der Waals surface area contributed by atoms with Crippen LogP contribution in [0.1, 0.15) is 23.9 Å². The average molecular weight is 375 g/mol. The number of carbonyl (C=O) groups excluding carboxylic acids is 1. The van der Waals surface area contributed by atoms with Crippen molar-refractivity contribution in [1.29, 1.82) is 0 Å². The predicted octanol–water partition coefficient (Wildman–Crippen LogP) is 1.33. The molecular formula is C18H25N5O2S. The molecule has 3 rings (SSSR count). The molecular weight excluding hydrogens is 350 g/mol. The molecule has 1 aliphatic rings. The molecule has 0 spiro atoms. The van der Waals surface area contributed by atoms with Gasteiger partial charge in [0, 0.05) is 42.5 Å². The van der Waals surface area contributed by atoms with Gasteiger partial charge in [-0.3, -0.25) is 19.5 Å². The number of nitrogens with one attached hydrogen (secondary N) is 1. The van der Waals surface area contributed by atoms with Crippen molar-refractivity contribution in [1.82, 2.24) is 19.8 Å². The summed E-state index contributed by atoms with van der Waals surface area (Å²) in [5.41, 5.74) is 6.00. The molecule has 0 radical (unpaired) electrons. The lowest BCUT2D eigenvalue weighted by Crippen LogP contribution is -2.38. The third-order valence-electron chi connectivity index (χ3n) is 4.83. The molecule has 0 bridgehead atoms. The fraction of sp³-hybridized carbons (Fsp3) is 0.500. The van der Waals surface area contributed by atoms with Crippen molar-refractivity contribution in [3.05, 3.63) is 44.5 Å². The Labute approximate surface area is 156 Å². The van der Waals surface area contributed by atoms with Crippen LogP contribution in [-0.4, -0.2) is 51.9 Å². The molecule has 2 aromatic rings. The number of carbonyl (C=O) groups is 1. The van der Waals surface area contributed by atoms with Gasteiger partial charge in [-0.15, -0.1) is 11.3 Å². The van der Waals surface area contributed by atoms with Gasteiger partial charge in [-0.2, -0.15) is 0 Å². The van der Waals surface area contributed by atoms with E-state index in [1.165, 1.54) is 10.9 Å². The monoisotopic (exact) mass is 375 g/mol. The molecule has 0 saturated carbocycles. The number of thiophene rings is 1. The fourth-order valence-electron chi connectivity index (χ4n) is 3.43. The molecule has 26 heavy (non-hydrogen) atoms. The molecule has 2 aromatic heterocycles. The van der Waals surface area contributed by atoms with Crippen LogP contribution in [0.5, 0.6) is 0 Å². The van der Waals surface area contributed by atoms with Crippen LogP contribution in [0, 0.1) is 5.92 Å². The number of anilines is 1. The summed E-state index contributed by atoms with van der Waals surface area (Å²) >= 11 is 1.70. The highest BCUT2D eigenvalue weighted by atomic mass is 32.1. The van der Waals surface area contributed by atoms with E-state index in [0.717, 1.165) is 19.4 Å². The minimum atomic E-state index is -0.244. The smallest absolute Gasteiger partial charge is 0.252 e.